The number of pyridine rings is 1. The van der Waals surface area contributed by atoms with Gasteiger partial charge in [-0.3, -0.25) is 14.6 Å². The van der Waals surface area contributed by atoms with Gasteiger partial charge >= 0.3 is 12.3 Å². The van der Waals surface area contributed by atoms with Crippen LogP contribution in [0.25, 0.3) is 5.69 Å². The van der Waals surface area contributed by atoms with Crippen molar-refractivity contribution in [3.8, 4) is 5.69 Å². The van der Waals surface area contributed by atoms with Crippen LogP contribution < -0.4 is 16.0 Å². The predicted octanol–water partition coefficient (Wildman–Crippen LogP) is 6.41. The van der Waals surface area contributed by atoms with Gasteiger partial charge in [0.1, 0.15) is 11.5 Å². The second kappa shape index (κ2) is 13.6. The molecule has 4 N–H and O–H groups in total. The molecule has 10 nitrogen and oxygen atoms in total. The smallest absolute Gasteiger partial charge is 0.435 e. The summed E-state index contributed by atoms with van der Waals surface area (Å²) >= 11 is 0. The van der Waals surface area contributed by atoms with E-state index in [1.165, 1.54) is 30.3 Å². The van der Waals surface area contributed by atoms with E-state index in [4.69, 9.17) is 5.11 Å². The number of nitrogens with zero attached hydrogens (tertiary/aromatic N) is 3. The highest BCUT2D eigenvalue weighted by Crippen LogP contribution is 2.42. The fourth-order valence-electron chi connectivity index (χ4n) is 5.36. The summed E-state index contributed by atoms with van der Waals surface area (Å²) in [5.74, 6) is -1.72. The lowest BCUT2D eigenvalue weighted by molar-refractivity contribution is -0.141. The van der Waals surface area contributed by atoms with Crippen LogP contribution >= 0.6 is 0 Å². The number of benzene rings is 2. The molecule has 0 aliphatic heterocycles. The van der Waals surface area contributed by atoms with E-state index in [1.807, 2.05) is 0 Å². The Morgan fingerprint density at radius 2 is 1.81 bits per heavy atom. The summed E-state index contributed by atoms with van der Waals surface area (Å²) in [7, 11) is 0. The summed E-state index contributed by atoms with van der Waals surface area (Å²) in [6.07, 6.45) is 0.510. The van der Waals surface area contributed by atoms with Crippen molar-refractivity contribution in [2.75, 3.05) is 5.32 Å². The normalized spacial score (nSPS) is 14.2. The first kappa shape index (κ1) is 33.1. The second-order valence-electron chi connectivity index (χ2n) is 11.3. The zero-order valence-electron chi connectivity index (χ0n) is 25.3. The van der Waals surface area contributed by atoms with Crippen molar-refractivity contribution in [3.63, 3.8) is 0 Å². The number of carbonyl (C=O) groups is 3. The molecule has 1 unspecified atom stereocenters. The fourth-order valence-corrected chi connectivity index (χ4v) is 5.36. The molecule has 1 atom stereocenters. The maximum atomic E-state index is 15.3. The molecule has 14 heteroatoms. The SMILES string of the molecule is CCC(=O)NC(CCC1CC1)(c1cccnc1)c1ccc(F)c(NC(=O)c2cc(C(F)(F)F)nn2-c2cccc(CNC(=O)O)c2)c1. The van der Waals surface area contributed by atoms with Crippen LogP contribution in [0, 0.1) is 11.7 Å². The molecule has 1 aliphatic carbocycles. The number of alkyl halides is 3. The Morgan fingerprint density at radius 3 is 2.47 bits per heavy atom. The summed E-state index contributed by atoms with van der Waals surface area (Å²) in [6.45, 7) is 1.56. The van der Waals surface area contributed by atoms with E-state index < -0.39 is 40.9 Å². The topological polar surface area (TPSA) is 138 Å². The number of anilines is 1. The van der Waals surface area contributed by atoms with Crippen molar-refractivity contribution in [2.45, 2.75) is 57.3 Å². The number of amides is 3. The number of hydrogen-bond donors (Lipinski definition) is 4. The third-order valence-corrected chi connectivity index (χ3v) is 7.99. The first-order valence-electron chi connectivity index (χ1n) is 15.0. The third-order valence-electron chi connectivity index (χ3n) is 7.99. The Kier molecular flexibility index (Phi) is 9.59. The van der Waals surface area contributed by atoms with Gasteiger partial charge in [-0.15, -0.1) is 0 Å². The van der Waals surface area contributed by atoms with Crippen molar-refractivity contribution < 1.29 is 37.1 Å². The van der Waals surface area contributed by atoms with Crippen LogP contribution in [0.1, 0.15) is 71.9 Å². The van der Waals surface area contributed by atoms with Gasteiger partial charge in [0.05, 0.1) is 16.9 Å². The number of carbonyl (C=O) groups excluding carboxylic acids is 2. The summed E-state index contributed by atoms with van der Waals surface area (Å²) < 4.78 is 57.4. The van der Waals surface area contributed by atoms with E-state index in [-0.39, 0.29) is 30.2 Å². The van der Waals surface area contributed by atoms with Crippen molar-refractivity contribution in [3.05, 3.63) is 107 Å². The molecule has 5 rings (SSSR count). The summed E-state index contributed by atoms with van der Waals surface area (Å²) in [5, 5.41) is 20.2. The molecule has 0 spiro atoms. The van der Waals surface area contributed by atoms with Gasteiger partial charge in [-0.2, -0.15) is 18.3 Å². The van der Waals surface area contributed by atoms with Crippen molar-refractivity contribution >= 4 is 23.6 Å². The summed E-state index contributed by atoms with van der Waals surface area (Å²) in [5.41, 5.74) is -1.82. The summed E-state index contributed by atoms with van der Waals surface area (Å²) in [6, 6.07) is 13.9. The molecule has 1 fully saturated rings. The molecule has 2 aromatic carbocycles. The van der Waals surface area contributed by atoms with Crippen molar-refractivity contribution in [1.82, 2.24) is 25.4 Å². The number of rotatable bonds is 12. The Bertz CT molecular complexity index is 1770. The maximum absolute atomic E-state index is 15.3. The molecule has 246 valence electrons. The molecule has 47 heavy (non-hydrogen) atoms. The second-order valence-corrected chi connectivity index (χ2v) is 11.3. The van der Waals surface area contributed by atoms with E-state index in [1.54, 1.807) is 37.5 Å². The average molecular weight is 653 g/mol. The van der Waals surface area contributed by atoms with Gasteiger partial charge in [0.25, 0.3) is 5.91 Å². The highest BCUT2D eigenvalue weighted by atomic mass is 19.4. The van der Waals surface area contributed by atoms with E-state index in [9.17, 15) is 27.6 Å². The van der Waals surface area contributed by atoms with Gasteiger partial charge in [-0.25, -0.2) is 13.9 Å². The number of nitrogens with one attached hydrogen (secondary N) is 3. The molecule has 3 amide bonds. The van der Waals surface area contributed by atoms with E-state index in [0.717, 1.165) is 30.0 Å². The molecule has 1 aliphatic rings. The Labute approximate surface area is 267 Å². The number of carboxylic acid groups (broad SMARTS) is 1. The molecule has 0 saturated heterocycles. The largest absolute Gasteiger partial charge is 0.465 e. The molecule has 1 saturated carbocycles. The number of halogens is 4. The lowest BCUT2D eigenvalue weighted by Crippen LogP contribution is -2.47. The van der Waals surface area contributed by atoms with Crippen LogP contribution in [-0.4, -0.2) is 37.8 Å². The number of aromatic nitrogens is 3. The third kappa shape index (κ3) is 7.76. The quantitative estimate of drug-likeness (QED) is 0.131. The van der Waals surface area contributed by atoms with Crippen LogP contribution in [0.15, 0.2) is 73.1 Å². The van der Waals surface area contributed by atoms with E-state index >= 15 is 4.39 Å². The first-order chi connectivity index (χ1) is 22.4. The van der Waals surface area contributed by atoms with E-state index in [2.05, 4.69) is 26.0 Å². The Balaban J connectivity index is 1.55. The van der Waals surface area contributed by atoms with Crippen LogP contribution in [0.2, 0.25) is 0 Å². The zero-order chi connectivity index (χ0) is 33.8. The lowest BCUT2D eigenvalue weighted by Gasteiger charge is -2.36. The molecule has 0 radical (unpaired) electrons. The van der Waals surface area contributed by atoms with Crippen LogP contribution in [0.4, 0.5) is 28.0 Å². The average Bonchev–Trinajstić information content (AvgIpc) is 3.77. The zero-order valence-corrected chi connectivity index (χ0v) is 25.3. The van der Waals surface area contributed by atoms with Crippen molar-refractivity contribution in [2.24, 2.45) is 5.92 Å². The standard InChI is InChI=1S/C33H32F4N6O4/c1-2-29(44)41-32(13-12-20-8-9-20,23-6-4-14-38-19-23)22-10-11-25(34)26(16-22)40-30(45)27-17-28(33(35,36)37)42-43(27)24-7-3-5-21(15-24)18-39-31(46)47/h3-7,10-11,14-17,19-20,39H,2,8-9,12-13,18H2,1H3,(H,40,45)(H,41,44)(H,46,47). The van der Waals surface area contributed by atoms with E-state index in [0.29, 0.717) is 35.1 Å². The van der Waals surface area contributed by atoms with Gasteiger partial charge in [0.2, 0.25) is 5.91 Å². The molecule has 2 aromatic heterocycles. The van der Waals surface area contributed by atoms with Gasteiger partial charge in [-0.1, -0.05) is 44.0 Å². The minimum absolute atomic E-state index is 0.0440. The minimum Gasteiger partial charge on any atom is -0.465 e. The number of hydrogen-bond acceptors (Lipinski definition) is 5. The lowest BCUT2D eigenvalue weighted by atomic mass is 9.78. The predicted molar refractivity (Wildman–Crippen MR) is 163 cm³/mol. The van der Waals surface area contributed by atoms with Gasteiger partial charge < -0.3 is 21.1 Å². The minimum atomic E-state index is -4.91. The Morgan fingerprint density at radius 1 is 1.02 bits per heavy atom. The Hall–Kier alpha value is -5.27. The van der Waals surface area contributed by atoms with Gasteiger partial charge in [-0.05, 0) is 60.2 Å². The van der Waals surface area contributed by atoms with Crippen LogP contribution in [0.5, 0.6) is 0 Å². The van der Waals surface area contributed by atoms with Gasteiger partial charge in [0, 0.05) is 37.0 Å². The maximum Gasteiger partial charge on any atom is 0.435 e. The van der Waals surface area contributed by atoms with Gasteiger partial charge in [0.15, 0.2) is 5.69 Å². The highest BCUT2D eigenvalue weighted by molar-refractivity contribution is 6.03. The molecule has 2 heterocycles. The fraction of sp³-hybridized carbons (Fsp3) is 0.303. The first-order valence-corrected chi connectivity index (χ1v) is 15.0. The monoisotopic (exact) mass is 652 g/mol. The highest BCUT2D eigenvalue weighted by Gasteiger charge is 2.39. The molecular weight excluding hydrogens is 620 g/mol. The van der Waals surface area contributed by atoms with Crippen LogP contribution in [0.3, 0.4) is 0 Å². The molecule has 4 aromatic rings. The summed E-state index contributed by atoms with van der Waals surface area (Å²) in [4.78, 5) is 41.7. The van der Waals surface area contributed by atoms with Crippen molar-refractivity contribution in [1.29, 1.82) is 0 Å². The molecular formula is C33H32F4N6O4. The van der Waals surface area contributed by atoms with Crippen LogP contribution in [-0.2, 0) is 23.1 Å². The molecule has 0 bridgehead atoms.